The van der Waals surface area contributed by atoms with Crippen LogP contribution in [-0.2, 0) is 9.47 Å². The Morgan fingerprint density at radius 3 is 2.68 bits per heavy atom. The van der Waals surface area contributed by atoms with E-state index in [1.54, 1.807) is 20.8 Å². The molecule has 1 rings (SSSR count). The molecule has 0 fully saturated rings. The Bertz CT molecular complexity index is 487. The molecule has 3 nitrogen and oxygen atoms in total. The number of hydrogen-bond acceptors (Lipinski definition) is 3. The lowest BCUT2D eigenvalue weighted by Gasteiger charge is -2.27. The summed E-state index contributed by atoms with van der Waals surface area (Å²) in [5.74, 6) is -0.773. The topological polar surface area (TPSA) is 38.7 Å². The normalized spacial score (nSPS) is 14.2. The van der Waals surface area contributed by atoms with Gasteiger partial charge in [0.15, 0.2) is 12.1 Å². The van der Waals surface area contributed by atoms with Crippen LogP contribution in [0, 0.1) is 6.92 Å². The highest BCUT2D eigenvalue weighted by Gasteiger charge is 2.20. The first-order valence-corrected chi connectivity index (χ1v) is 8.01. The molecule has 0 aromatic heterocycles. The van der Waals surface area contributed by atoms with E-state index in [1.165, 1.54) is 11.1 Å². The first-order chi connectivity index (χ1) is 10.2. The van der Waals surface area contributed by atoms with Gasteiger partial charge in [0.25, 0.3) is 0 Å². The Labute approximate surface area is 138 Å². The summed E-state index contributed by atoms with van der Waals surface area (Å²) in [4.78, 5) is 0. The van der Waals surface area contributed by atoms with Crippen LogP contribution in [0.25, 0.3) is 6.08 Å². The van der Waals surface area contributed by atoms with Crippen LogP contribution in [-0.4, -0.2) is 23.8 Å². The molecule has 1 N–H and O–H groups in total. The second-order valence-corrected chi connectivity index (χ2v) is 6.44. The maximum Gasteiger partial charge on any atom is 0.165 e. The zero-order chi connectivity index (χ0) is 16.8. The van der Waals surface area contributed by atoms with Crippen molar-refractivity contribution in [3.63, 3.8) is 0 Å². The van der Waals surface area contributed by atoms with E-state index in [0.29, 0.717) is 6.61 Å². The van der Waals surface area contributed by atoms with Crippen LogP contribution in [0.5, 0.6) is 0 Å². The molecular formula is C18H27ClO3. The number of halogens is 1. The highest BCUT2D eigenvalue weighted by Crippen LogP contribution is 2.23. The van der Waals surface area contributed by atoms with Gasteiger partial charge in [0, 0.05) is 5.02 Å². The first kappa shape index (κ1) is 19.2. The molecule has 0 aliphatic heterocycles. The standard InChI is InChI=1S/C18H27ClO3/c1-13(12-16-14(2)9-6-10-17(16)19)8-7-11-21-18(4,5)22-15(3)20/h6,9-10,12,15,20H,7-8,11H2,1-5H3/b13-12+. The average molecular weight is 327 g/mol. The summed E-state index contributed by atoms with van der Waals surface area (Å²) in [5.41, 5.74) is 3.52. The molecule has 1 unspecified atom stereocenters. The van der Waals surface area contributed by atoms with Crippen LogP contribution in [0.1, 0.15) is 51.7 Å². The lowest BCUT2D eigenvalue weighted by Crippen LogP contribution is -2.32. The molecule has 0 saturated carbocycles. The van der Waals surface area contributed by atoms with E-state index in [0.717, 1.165) is 23.4 Å². The fourth-order valence-electron chi connectivity index (χ4n) is 2.26. The van der Waals surface area contributed by atoms with Gasteiger partial charge in [-0.2, -0.15) is 0 Å². The molecule has 124 valence electrons. The number of aliphatic hydroxyl groups is 1. The zero-order valence-electron chi connectivity index (χ0n) is 14.1. The van der Waals surface area contributed by atoms with Gasteiger partial charge in [0.1, 0.15) is 0 Å². The van der Waals surface area contributed by atoms with E-state index in [9.17, 15) is 5.11 Å². The smallest absolute Gasteiger partial charge is 0.165 e. The van der Waals surface area contributed by atoms with Gasteiger partial charge in [-0.15, -0.1) is 0 Å². The molecular weight excluding hydrogens is 300 g/mol. The first-order valence-electron chi connectivity index (χ1n) is 7.63. The Hall–Kier alpha value is -0.870. The quantitative estimate of drug-likeness (QED) is 0.543. The third-order valence-electron chi connectivity index (χ3n) is 3.28. The van der Waals surface area contributed by atoms with Gasteiger partial charge < -0.3 is 14.6 Å². The van der Waals surface area contributed by atoms with Crippen LogP contribution in [0.15, 0.2) is 23.8 Å². The van der Waals surface area contributed by atoms with Crippen molar-refractivity contribution in [3.8, 4) is 0 Å². The minimum atomic E-state index is -0.833. The highest BCUT2D eigenvalue weighted by atomic mass is 35.5. The van der Waals surface area contributed by atoms with Crippen LogP contribution < -0.4 is 0 Å². The molecule has 0 heterocycles. The molecule has 0 aliphatic rings. The van der Waals surface area contributed by atoms with Gasteiger partial charge in [-0.25, -0.2) is 0 Å². The highest BCUT2D eigenvalue weighted by molar-refractivity contribution is 6.32. The summed E-state index contributed by atoms with van der Waals surface area (Å²) < 4.78 is 10.9. The third kappa shape index (κ3) is 6.93. The maximum atomic E-state index is 9.22. The Morgan fingerprint density at radius 2 is 2.09 bits per heavy atom. The van der Waals surface area contributed by atoms with Crippen molar-refractivity contribution in [2.75, 3.05) is 6.61 Å². The van der Waals surface area contributed by atoms with Crippen LogP contribution >= 0.6 is 11.6 Å². The molecule has 0 radical (unpaired) electrons. The SMILES string of the molecule is C/C(=C\c1c(C)cccc1Cl)CCCOC(C)(C)OC(C)O. The fraction of sp³-hybridized carbons (Fsp3) is 0.556. The van der Waals surface area contributed by atoms with Crippen LogP contribution in [0.2, 0.25) is 5.02 Å². The second-order valence-electron chi connectivity index (χ2n) is 6.03. The summed E-state index contributed by atoms with van der Waals surface area (Å²) in [6.07, 6.45) is 3.11. The molecule has 22 heavy (non-hydrogen) atoms. The number of benzene rings is 1. The molecule has 1 aromatic carbocycles. The van der Waals surface area contributed by atoms with E-state index in [4.69, 9.17) is 21.1 Å². The van der Waals surface area contributed by atoms with E-state index in [2.05, 4.69) is 26.0 Å². The molecule has 0 spiro atoms. The summed E-state index contributed by atoms with van der Waals surface area (Å²) in [5, 5.41) is 10.0. The second kappa shape index (κ2) is 8.68. The molecule has 0 amide bonds. The van der Waals surface area contributed by atoms with Crippen molar-refractivity contribution in [2.24, 2.45) is 0 Å². The predicted molar refractivity (Wildman–Crippen MR) is 91.9 cm³/mol. The molecule has 1 aromatic rings. The van der Waals surface area contributed by atoms with Crippen molar-refractivity contribution in [1.82, 2.24) is 0 Å². The Balaban J connectivity index is 2.47. The summed E-state index contributed by atoms with van der Waals surface area (Å²) in [7, 11) is 0. The molecule has 0 saturated heterocycles. The monoisotopic (exact) mass is 326 g/mol. The van der Waals surface area contributed by atoms with Crippen molar-refractivity contribution >= 4 is 17.7 Å². The number of aliphatic hydroxyl groups excluding tert-OH is 1. The van der Waals surface area contributed by atoms with Crippen LogP contribution in [0.4, 0.5) is 0 Å². The van der Waals surface area contributed by atoms with Crippen molar-refractivity contribution in [2.45, 2.75) is 59.5 Å². The lowest BCUT2D eigenvalue weighted by molar-refractivity contribution is -0.276. The Morgan fingerprint density at radius 1 is 1.41 bits per heavy atom. The predicted octanol–water partition coefficient (Wildman–Crippen LogP) is 4.94. The van der Waals surface area contributed by atoms with Gasteiger partial charge >= 0.3 is 0 Å². The van der Waals surface area contributed by atoms with Crippen LogP contribution in [0.3, 0.4) is 0 Å². The number of hydrogen-bond donors (Lipinski definition) is 1. The lowest BCUT2D eigenvalue weighted by atomic mass is 10.0. The van der Waals surface area contributed by atoms with Gasteiger partial charge in [-0.05, 0) is 64.7 Å². The molecule has 0 aliphatic carbocycles. The number of ether oxygens (including phenoxy) is 2. The number of rotatable bonds is 8. The third-order valence-corrected chi connectivity index (χ3v) is 3.61. The molecule has 0 bridgehead atoms. The van der Waals surface area contributed by atoms with E-state index in [-0.39, 0.29) is 0 Å². The summed E-state index contributed by atoms with van der Waals surface area (Å²) >= 11 is 6.23. The Kier molecular flexibility index (Phi) is 7.57. The van der Waals surface area contributed by atoms with Crippen molar-refractivity contribution < 1.29 is 14.6 Å². The van der Waals surface area contributed by atoms with Gasteiger partial charge in [0.05, 0.1) is 6.61 Å². The van der Waals surface area contributed by atoms with E-state index in [1.807, 2.05) is 12.1 Å². The minimum absolute atomic E-state index is 0.576. The van der Waals surface area contributed by atoms with Crippen molar-refractivity contribution in [3.05, 3.63) is 39.9 Å². The number of allylic oxidation sites excluding steroid dienone is 1. The van der Waals surface area contributed by atoms with Gasteiger partial charge in [-0.3, -0.25) is 0 Å². The van der Waals surface area contributed by atoms with Gasteiger partial charge in [-0.1, -0.05) is 35.4 Å². The fourth-order valence-corrected chi connectivity index (χ4v) is 2.54. The van der Waals surface area contributed by atoms with E-state index < -0.39 is 12.1 Å². The van der Waals surface area contributed by atoms with Crippen molar-refractivity contribution in [1.29, 1.82) is 0 Å². The minimum Gasteiger partial charge on any atom is -0.368 e. The number of aryl methyl sites for hydroxylation is 1. The maximum absolute atomic E-state index is 9.22. The largest absolute Gasteiger partial charge is 0.368 e. The zero-order valence-corrected chi connectivity index (χ0v) is 14.9. The molecule has 4 heteroatoms. The summed E-state index contributed by atoms with van der Waals surface area (Å²) in [6.45, 7) is 9.91. The van der Waals surface area contributed by atoms with E-state index >= 15 is 0 Å². The molecule has 1 atom stereocenters. The average Bonchev–Trinajstić information content (AvgIpc) is 2.38. The summed E-state index contributed by atoms with van der Waals surface area (Å²) in [6, 6.07) is 5.93. The van der Waals surface area contributed by atoms with Gasteiger partial charge in [0.2, 0.25) is 0 Å².